The molecule has 0 radical (unpaired) electrons. The second-order valence-electron chi connectivity index (χ2n) is 4.21. The van der Waals surface area contributed by atoms with E-state index < -0.39 is 0 Å². The third-order valence-electron chi connectivity index (χ3n) is 2.73. The van der Waals surface area contributed by atoms with E-state index in [2.05, 4.69) is 5.32 Å². The summed E-state index contributed by atoms with van der Waals surface area (Å²) in [6, 6.07) is 12.8. The fraction of sp³-hybridized carbons (Fsp3) is 0.133. The van der Waals surface area contributed by atoms with Gasteiger partial charge in [0.1, 0.15) is 11.6 Å². The van der Waals surface area contributed by atoms with Gasteiger partial charge in [-0.1, -0.05) is 30.3 Å². The highest BCUT2D eigenvalue weighted by atomic mass is 19.1. The fourth-order valence-electron chi connectivity index (χ4n) is 1.69. The molecule has 4 heteroatoms. The first-order valence-electron chi connectivity index (χ1n) is 5.93. The van der Waals surface area contributed by atoms with E-state index in [4.69, 9.17) is 5.11 Å². The van der Waals surface area contributed by atoms with Crippen LogP contribution in [0.1, 0.15) is 11.1 Å². The third-order valence-corrected chi connectivity index (χ3v) is 2.73. The fourth-order valence-corrected chi connectivity index (χ4v) is 1.69. The Morgan fingerprint density at radius 2 is 1.79 bits per heavy atom. The molecule has 0 atom stereocenters. The minimum atomic E-state index is -0.373. The second-order valence-corrected chi connectivity index (χ2v) is 4.21. The molecule has 0 aliphatic heterocycles. The standard InChI is InChI=1S/C15H14FNO2/c16-14-4-2-1-3-12(14)9-15(19)17-10-11-5-7-13(18)8-6-11/h1-8,18H,9-10H2,(H,17,19). The van der Waals surface area contributed by atoms with Gasteiger partial charge in [-0.15, -0.1) is 0 Å². The largest absolute Gasteiger partial charge is 0.508 e. The van der Waals surface area contributed by atoms with Crippen LogP contribution in [0.3, 0.4) is 0 Å². The number of aromatic hydroxyl groups is 1. The van der Waals surface area contributed by atoms with E-state index in [1.165, 1.54) is 6.07 Å². The zero-order chi connectivity index (χ0) is 13.7. The van der Waals surface area contributed by atoms with Crippen LogP contribution in [0, 0.1) is 5.82 Å². The molecule has 0 aliphatic rings. The number of carbonyl (C=O) groups is 1. The number of hydrogen-bond acceptors (Lipinski definition) is 2. The number of phenols is 1. The topological polar surface area (TPSA) is 49.3 Å². The lowest BCUT2D eigenvalue weighted by Crippen LogP contribution is -2.24. The van der Waals surface area contributed by atoms with Gasteiger partial charge >= 0.3 is 0 Å². The monoisotopic (exact) mass is 259 g/mol. The van der Waals surface area contributed by atoms with Crippen LogP contribution in [0.25, 0.3) is 0 Å². The maximum atomic E-state index is 13.3. The smallest absolute Gasteiger partial charge is 0.224 e. The molecule has 0 aliphatic carbocycles. The summed E-state index contributed by atoms with van der Waals surface area (Å²) < 4.78 is 13.3. The molecule has 1 amide bonds. The van der Waals surface area contributed by atoms with E-state index in [1.54, 1.807) is 42.5 Å². The molecule has 2 aromatic rings. The molecule has 98 valence electrons. The summed E-state index contributed by atoms with van der Waals surface area (Å²) >= 11 is 0. The normalized spacial score (nSPS) is 10.2. The van der Waals surface area contributed by atoms with E-state index in [0.717, 1.165) is 5.56 Å². The Hall–Kier alpha value is -2.36. The lowest BCUT2D eigenvalue weighted by molar-refractivity contribution is -0.120. The molecular formula is C15H14FNO2. The molecule has 0 bridgehead atoms. The Labute approximate surface area is 110 Å². The van der Waals surface area contributed by atoms with Crippen molar-refractivity contribution in [1.82, 2.24) is 5.32 Å². The molecule has 0 unspecified atom stereocenters. The van der Waals surface area contributed by atoms with Gasteiger partial charge in [0, 0.05) is 6.54 Å². The molecular weight excluding hydrogens is 245 g/mol. The van der Waals surface area contributed by atoms with Crippen LogP contribution in [-0.4, -0.2) is 11.0 Å². The number of rotatable bonds is 4. The summed E-state index contributed by atoms with van der Waals surface area (Å²) in [6.07, 6.45) is 0.0186. The SMILES string of the molecule is O=C(Cc1ccccc1F)NCc1ccc(O)cc1. The van der Waals surface area contributed by atoms with Gasteiger partial charge in [-0.2, -0.15) is 0 Å². The molecule has 0 saturated heterocycles. The van der Waals surface area contributed by atoms with Gasteiger partial charge in [0.05, 0.1) is 6.42 Å². The van der Waals surface area contributed by atoms with Gasteiger partial charge in [-0.3, -0.25) is 4.79 Å². The summed E-state index contributed by atoms with van der Waals surface area (Å²) in [6.45, 7) is 0.355. The first-order chi connectivity index (χ1) is 9.15. The number of benzene rings is 2. The molecule has 0 fully saturated rings. The highest BCUT2D eigenvalue weighted by Crippen LogP contribution is 2.10. The molecule has 0 aromatic heterocycles. The van der Waals surface area contributed by atoms with Crippen molar-refractivity contribution >= 4 is 5.91 Å². The predicted molar refractivity (Wildman–Crippen MR) is 70.1 cm³/mol. The van der Waals surface area contributed by atoms with Gasteiger partial charge in [-0.25, -0.2) is 4.39 Å². The van der Waals surface area contributed by atoms with Crippen LogP contribution in [0.2, 0.25) is 0 Å². The molecule has 2 N–H and O–H groups in total. The lowest BCUT2D eigenvalue weighted by Gasteiger charge is -2.06. The molecule has 3 nitrogen and oxygen atoms in total. The van der Waals surface area contributed by atoms with E-state index in [9.17, 15) is 9.18 Å². The van der Waals surface area contributed by atoms with Crippen molar-refractivity contribution < 1.29 is 14.3 Å². The van der Waals surface area contributed by atoms with E-state index in [1.807, 2.05) is 0 Å². The summed E-state index contributed by atoms with van der Waals surface area (Å²) in [5.41, 5.74) is 1.25. The first kappa shape index (κ1) is 13.1. The number of hydrogen-bond donors (Lipinski definition) is 2. The van der Waals surface area contributed by atoms with E-state index in [-0.39, 0.29) is 23.9 Å². The quantitative estimate of drug-likeness (QED) is 0.885. The van der Waals surface area contributed by atoms with Crippen molar-refractivity contribution in [3.05, 3.63) is 65.5 Å². The number of amides is 1. The van der Waals surface area contributed by atoms with Crippen LogP contribution in [0.15, 0.2) is 48.5 Å². The Bertz CT molecular complexity index is 567. The van der Waals surface area contributed by atoms with Crippen molar-refractivity contribution in [2.24, 2.45) is 0 Å². The number of phenolic OH excluding ortho intramolecular Hbond substituents is 1. The summed E-state index contributed by atoms with van der Waals surface area (Å²) in [5, 5.41) is 11.8. The second kappa shape index (κ2) is 6.00. The zero-order valence-electron chi connectivity index (χ0n) is 10.3. The maximum absolute atomic E-state index is 13.3. The van der Waals surface area contributed by atoms with E-state index in [0.29, 0.717) is 12.1 Å². The van der Waals surface area contributed by atoms with Crippen LogP contribution in [0.5, 0.6) is 5.75 Å². The highest BCUT2D eigenvalue weighted by molar-refractivity contribution is 5.78. The summed E-state index contributed by atoms with van der Waals surface area (Å²) in [7, 11) is 0. The van der Waals surface area contributed by atoms with Crippen LogP contribution in [-0.2, 0) is 17.8 Å². The lowest BCUT2D eigenvalue weighted by atomic mass is 10.1. The van der Waals surface area contributed by atoms with Crippen molar-refractivity contribution in [2.45, 2.75) is 13.0 Å². The summed E-state index contributed by atoms with van der Waals surface area (Å²) in [4.78, 5) is 11.7. The van der Waals surface area contributed by atoms with Gasteiger partial charge in [-0.05, 0) is 29.3 Å². The van der Waals surface area contributed by atoms with Gasteiger partial charge in [0.2, 0.25) is 5.91 Å². The van der Waals surface area contributed by atoms with Crippen molar-refractivity contribution in [3.63, 3.8) is 0 Å². The van der Waals surface area contributed by atoms with Gasteiger partial charge in [0.15, 0.2) is 0 Å². The number of carbonyl (C=O) groups excluding carboxylic acids is 1. The average Bonchev–Trinajstić information content (AvgIpc) is 2.41. The molecule has 2 aromatic carbocycles. The van der Waals surface area contributed by atoms with E-state index >= 15 is 0 Å². The highest BCUT2D eigenvalue weighted by Gasteiger charge is 2.07. The summed E-state index contributed by atoms with van der Waals surface area (Å²) in [5.74, 6) is -0.429. The number of halogens is 1. The van der Waals surface area contributed by atoms with Crippen LogP contribution >= 0.6 is 0 Å². The predicted octanol–water partition coefficient (Wildman–Crippen LogP) is 2.39. The Morgan fingerprint density at radius 3 is 2.47 bits per heavy atom. The Kier molecular flexibility index (Phi) is 4.13. The molecule has 0 heterocycles. The minimum Gasteiger partial charge on any atom is -0.508 e. The molecule has 19 heavy (non-hydrogen) atoms. The molecule has 0 saturated carbocycles. The number of nitrogens with one attached hydrogen (secondary N) is 1. The van der Waals surface area contributed by atoms with Crippen LogP contribution < -0.4 is 5.32 Å². The van der Waals surface area contributed by atoms with Gasteiger partial charge in [0.25, 0.3) is 0 Å². The molecule has 2 rings (SSSR count). The maximum Gasteiger partial charge on any atom is 0.224 e. The van der Waals surface area contributed by atoms with Crippen molar-refractivity contribution in [1.29, 1.82) is 0 Å². The third kappa shape index (κ3) is 3.81. The van der Waals surface area contributed by atoms with Crippen molar-refractivity contribution in [2.75, 3.05) is 0 Å². The van der Waals surface area contributed by atoms with Crippen LogP contribution in [0.4, 0.5) is 4.39 Å². The minimum absolute atomic E-state index is 0.0186. The van der Waals surface area contributed by atoms with Gasteiger partial charge < -0.3 is 10.4 Å². The zero-order valence-corrected chi connectivity index (χ0v) is 10.3. The molecule has 0 spiro atoms. The average molecular weight is 259 g/mol. The first-order valence-corrected chi connectivity index (χ1v) is 5.93. The Balaban J connectivity index is 1.88. The van der Waals surface area contributed by atoms with Crippen molar-refractivity contribution in [3.8, 4) is 5.75 Å². The Morgan fingerprint density at radius 1 is 1.11 bits per heavy atom.